The first kappa shape index (κ1) is 19.8. The van der Waals surface area contributed by atoms with E-state index < -0.39 is 5.54 Å². The van der Waals surface area contributed by atoms with Crippen molar-refractivity contribution in [1.29, 1.82) is 0 Å². The van der Waals surface area contributed by atoms with Gasteiger partial charge in [-0.15, -0.1) is 17.8 Å². The molecule has 1 aromatic carbocycles. The molecule has 144 valence electrons. The first-order chi connectivity index (χ1) is 13.1. The molecule has 1 amide bonds. The number of piperazine rings is 1. The van der Waals surface area contributed by atoms with Crippen LogP contribution in [0.15, 0.2) is 24.3 Å². The maximum atomic E-state index is 12.4. The van der Waals surface area contributed by atoms with E-state index in [4.69, 9.17) is 11.4 Å². The summed E-state index contributed by atoms with van der Waals surface area (Å²) in [6.07, 6.45) is 7.14. The van der Waals surface area contributed by atoms with E-state index in [0.29, 0.717) is 6.54 Å². The Labute approximate surface area is 165 Å². The monoisotopic (exact) mass is 384 g/mol. The zero-order valence-electron chi connectivity index (χ0n) is 16.2. The molecule has 1 saturated heterocycles. The number of thiazole rings is 1. The van der Waals surface area contributed by atoms with Crippen LogP contribution in [0.3, 0.4) is 0 Å². The van der Waals surface area contributed by atoms with Gasteiger partial charge in [0.05, 0.1) is 23.3 Å². The number of para-hydroxylation sites is 1. The number of benzene rings is 1. The van der Waals surface area contributed by atoms with E-state index in [0.717, 1.165) is 56.1 Å². The highest BCUT2D eigenvalue weighted by molar-refractivity contribution is 7.18. The molecule has 5 nitrogen and oxygen atoms in total. The molecule has 27 heavy (non-hydrogen) atoms. The van der Waals surface area contributed by atoms with Crippen molar-refractivity contribution in [3.63, 3.8) is 0 Å². The molecule has 0 aliphatic carbocycles. The summed E-state index contributed by atoms with van der Waals surface area (Å²) in [5.74, 6) is 2.79. The van der Waals surface area contributed by atoms with Gasteiger partial charge in [-0.2, -0.15) is 0 Å². The average Bonchev–Trinajstić information content (AvgIpc) is 3.10. The van der Waals surface area contributed by atoms with E-state index in [-0.39, 0.29) is 5.91 Å². The standard InChI is InChI=1S/C21H28N4OS/c1-4-21(5-2,6-3)23-19(26)15-24-11-13-25(14-12-24)16-20-22-17-9-7-8-10-18(17)27-20/h1,7-10H,5-6,11-16H2,2-3H3,(H,23,26). The minimum absolute atomic E-state index is 0.0243. The third-order valence-corrected chi connectivity index (χ3v) is 6.41. The Morgan fingerprint density at radius 3 is 2.52 bits per heavy atom. The summed E-state index contributed by atoms with van der Waals surface area (Å²) in [7, 11) is 0. The molecule has 1 N–H and O–H groups in total. The molecule has 3 rings (SSSR count). The largest absolute Gasteiger partial charge is 0.339 e. The van der Waals surface area contributed by atoms with E-state index in [1.165, 1.54) is 4.70 Å². The van der Waals surface area contributed by atoms with E-state index in [1.54, 1.807) is 11.3 Å². The van der Waals surface area contributed by atoms with Crippen molar-refractivity contribution in [2.75, 3.05) is 32.7 Å². The molecule has 1 fully saturated rings. The Kier molecular flexibility index (Phi) is 6.48. The van der Waals surface area contributed by atoms with Crippen LogP contribution in [-0.4, -0.2) is 59.0 Å². The number of hydrogen-bond acceptors (Lipinski definition) is 5. The molecule has 0 atom stereocenters. The van der Waals surface area contributed by atoms with Crippen molar-refractivity contribution in [2.24, 2.45) is 0 Å². The number of nitrogens with zero attached hydrogens (tertiary/aromatic N) is 3. The van der Waals surface area contributed by atoms with Gasteiger partial charge in [-0.05, 0) is 25.0 Å². The van der Waals surface area contributed by atoms with Crippen LogP contribution >= 0.6 is 11.3 Å². The van der Waals surface area contributed by atoms with Crippen LogP contribution < -0.4 is 5.32 Å². The maximum Gasteiger partial charge on any atom is 0.235 e. The first-order valence-electron chi connectivity index (χ1n) is 9.65. The zero-order valence-corrected chi connectivity index (χ0v) is 17.0. The summed E-state index contributed by atoms with van der Waals surface area (Å²) in [5, 5.41) is 4.21. The van der Waals surface area contributed by atoms with Gasteiger partial charge in [-0.1, -0.05) is 31.9 Å². The van der Waals surface area contributed by atoms with Gasteiger partial charge in [-0.3, -0.25) is 14.6 Å². The molecule has 0 saturated carbocycles. The molecule has 2 aromatic rings. The number of amides is 1. The minimum Gasteiger partial charge on any atom is -0.339 e. The number of nitrogens with one attached hydrogen (secondary N) is 1. The summed E-state index contributed by atoms with van der Waals surface area (Å²) >= 11 is 1.77. The minimum atomic E-state index is -0.508. The van der Waals surface area contributed by atoms with Crippen LogP contribution in [0.4, 0.5) is 0 Å². The highest BCUT2D eigenvalue weighted by atomic mass is 32.1. The zero-order chi connectivity index (χ0) is 19.3. The number of aromatic nitrogens is 1. The quantitative estimate of drug-likeness (QED) is 0.746. The summed E-state index contributed by atoms with van der Waals surface area (Å²) in [5.41, 5.74) is 0.572. The third kappa shape index (κ3) is 4.86. The summed E-state index contributed by atoms with van der Waals surface area (Å²) < 4.78 is 1.24. The molecule has 0 radical (unpaired) electrons. The highest BCUT2D eigenvalue weighted by Gasteiger charge is 2.27. The second-order valence-electron chi connectivity index (χ2n) is 7.11. The molecule has 1 aromatic heterocycles. The van der Waals surface area contributed by atoms with Crippen LogP contribution in [0.25, 0.3) is 10.2 Å². The van der Waals surface area contributed by atoms with Gasteiger partial charge in [-0.25, -0.2) is 4.98 Å². The van der Waals surface area contributed by atoms with Crippen molar-refractivity contribution < 1.29 is 4.79 Å². The topological polar surface area (TPSA) is 48.5 Å². The number of terminal acetylenes is 1. The van der Waals surface area contributed by atoms with Gasteiger partial charge < -0.3 is 5.32 Å². The Morgan fingerprint density at radius 1 is 1.22 bits per heavy atom. The van der Waals surface area contributed by atoms with Gasteiger partial charge >= 0.3 is 0 Å². The molecular weight excluding hydrogens is 356 g/mol. The van der Waals surface area contributed by atoms with Gasteiger partial charge in [0.2, 0.25) is 5.91 Å². The average molecular weight is 385 g/mol. The van der Waals surface area contributed by atoms with E-state index >= 15 is 0 Å². The fraction of sp³-hybridized carbons (Fsp3) is 0.524. The SMILES string of the molecule is C#CC(CC)(CC)NC(=O)CN1CCN(Cc2nc3ccccc3s2)CC1. The summed E-state index contributed by atoms with van der Waals surface area (Å²) in [6, 6.07) is 8.27. The number of hydrogen-bond donors (Lipinski definition) is 1. The molecule has 2 heterocycles. The highest BCUT2D eigenvalue weighted by Crippen LogP contribution is 2.23. The van der Waals surface area contributed by atoms with E-state index in [9.17, 15) is 4.79 Å². The third-order valence-electron chi connectivity index (χ3n) is 5.39. The van der Waals surface area contributed by atoms with Crippen LogP contribution in [0.1, 0.15) is 31.7 Å². The van der Waals surface area contributed by atoms with Crippen LogP contribution in [0.2, 0.25) is 0 Å². The Morgan fingerprint density at radius 2 is 1.89 bits per heavy atom. The lowest BCUT2D eigenvalue weighted by Crippen LogP contribution is -2.53. The Hall–Kier alpha value is -1.94. The van der Waals surface area contributed by atoms with Crippen LogP contribution in [0.5, 0.6) is 0 Å². The van der Waals surface area contributed by atoms with Crippen LogP contribution in [0, 0.1) is 12.3 Å². The Balaban J connectivity index is 1.47. The molecule has 6 heteroatoms. The molecule has 1 aliphatic heterocycles. The fourth-order valence-electron chi connectivity index (χ4n) is 3.46. The van der Waals surface area contributed by atoms with Gasteiger partial charge in [0, 0.05) is 26.2 Å². The molecule has 1 aliphatic rings. The predicted molar refractivity (Wildman–Crippen MR) is 112 cm³/mol. The van der Waals surface area contributed by atoms with Gasteiger partial charge in [0.15, 0.2) is 0 Å². The maximum absolute atomic E-state index is 12.4. The van der Waals surface area contributed by atoms with Gasteiger partial charge in [0.1, 0.15) is 10.5 Å². The number of carbonyl (C=O) groups is 1. The second kappa shape index (κ2) is 8.83. The lowest BCUT2D eigenvalue weighted by Gasteiger charge is -2.35. The summed E-state index contributed by atoms with van der Waals surface area (Å²) in [4.78, 5) is 21.7. The molecule has 0 spiro atoms. The number of rotatable bonds is 7. The predicted octanol–water partition coefficient (Wildman–Crippen LogP) is 2.72. The first-order valence-corrected chi connectivity index (χ1v) is 10.5. The number of fused-ring (bicyclic) bond motifs is 1. The lowest BCUT2D eigenvalue weighted by molar-refractivity contribution is -0.124. The van der Waals surface area contributed by atoms with E-state index in [2.05, 4.69) is 39.2 Å². The van der Waals surface area contributed by atoms with Crippen molar-refractivity contribution >= 4 is 27.5 Å². The van der Waals surface area contributed by atoms with Crippen molar-refractivity contribution in [2.45, 2.75) is 38.8 Å². The summed E-state index contributed by atoms with van der Waals surface area (Å²) in [6.45, 7) is 9.01. The van der Waals surface area contributed by atoms with Crippen molar-refractivity contribution in [1.82, 2.24) is 20.1 Å². The number of carbonyl (C=O) groups excluding carboxylic acids is 1. The van der Waals surface area contributed by atoms with Crippen molar-refractivity contribution in [3.05, 3.63) is 29.3 Å². The second-order valence-corrected chi connectivity index (χ2v) is 8.22. The smallest absolute Gasteiger partial charge is 0.235 e. The lowest BCUT2D eigenvalue weighted by atomic mass is 9.94. The molecular formula is C21H28N4OS. The normalized spacial score (nSPS) is 16.3. The fourth-order valence-corrected chi connectivity index (χ4v) is 4.47. The van der Waals surface area contributed by atoms with Crippen molar-refractivity contribution in [3.8, 4) is 12.3 Å². The molecule has 0 unspecified atom stereocenters. The Bertz CT molecular complexity index is 780. The van der Waals surface area contributed by atoms with E-state index in [1.807, 2.05) is 19.9 Å². The van der Waals surface area contributed by atoms with Gasteiger partial charge in [0.25, 0.3) is 0 Å². The molecule has 0 bridgehead atoms. The van der Waals surface area contributed by atoms with Crippen LogP contribution in [-0.2, 0) is 11.3 Å².